The quantitative estimate of drug-likeness (QED) is 0.714. The lowest BCUT2D eigenvalue weighted by molar-refractivity contribution is 0.568. The average Bonchev–Trinajstić information content (AvgIpc) is 2.54. The van der Waals surface area contributed by atoms with Crippen molar-refractivity contribution >= 4 is 26.0 Å². The maximum atomic E-state index is 14.1. The molecular formula is C17H12BrFN2O2S. The number of benzene rings is 2. The Hall–Kier alpha value is -2.09. The van der Waals surface area contributed by atoms with E-state index in [4.69, 9.17) is 5.14 Å². The lowest BCUT2D eigenvalue weighted by atomic mass is 9.99. The van der Waals surface area contributed by atoms with Crippen LogP contribution in [-0.2, 0) is 10.0 Å². The highest BCUT2D eigenvalue weighted by molar-refractivity contribution is 9.10. The summed E-state index contributed by atoms with van der Waals surface area (Å²) in [6.07, 6.45) is 1.65. The first-order valence-corrected chi connectivity index (χ1v) is 9.24. The van der Waals surface area contributed by atoms with Crippen molar-refractivity contribution in [2.45, 2.75) is 4.90 Å². The number of hydrogen-bond donors (Lipinski definition) is 1. The molecule has 3 aromatic rings. The van der Waals surface area contributed by atoms with Gasteiger partial charge < -0.3 is 0 Å². The molecule has 4 nitrogen and oxygen atoms in total. The molecule has 0 aliphatic carbocycles. The van der Waals surface area contributed by atoms with Crippen LogP contribution in [0.3, 0.4) is 0 Å². The zero-order valence-electron chi connectivity index (χ0n) is 12.3. The normalized spacial score (nSPS) is 11.5. The second-order valence-electron chi connectivity index (χ2n) is 5.10. The highest BCUT2D eigenvalue weighted by Crippen LogP contribution is 2.32. The van der Waals surface area contributed by atoms with E-state index in [2.05, 4.69) is 20.9 Å². The number of sulfonamides is 1. The van der Waals surface area contributed by atoms with Crippen LogP contribution in [0.4, 0.5) is 4.39 Å². The van der Waals surface area contributed by atoms with Gasteiger partial charge in [-0.25, -0.2) is 17.9 Å². The van der Waals surface area contributed by atoms with Gasteiger partial charge in [0, 0.05) is 21.8 Å². The molecule has 0 saturated heterocycles. The summed E-state index contributed by atoms with van der Waals surface area (Å²) in [7, 11) is -4.10. The average molecular weight is 407 g/mol. The van der Waals surface area contributed by atoms with Crippen LogP contribution in [0.25, 0.3) is 22.4 Å². The van der Waals surface area contributed by atoms with E-state index in [1.165, 1.54) is 12.1 Å². The summed E-state index contributed by atoms with van der Waals surface area (Å²) >= 11 is 3.38. The zero-order valence-corrected chi connectivity index (χ0v) is 14.7. The number of halogens is 2. The van der Waals surface area contributed by atoms with Crippen LogP contribution >= 0.6 is 15.9 Å². The van der Waals surface area contributed by atoms with Crippen molar-refractivity contribution < 1.29 is 12.8 Å². The van der Waals surface area contributed by atoms with Gasteiger partial charge in [-0.15, -0.1) is 0 Å². The maximum absolute atomic E-state index is 14.1. The largest absolute Gasteiger partial charge is 0.256 e. The van der Waals surface area contributed by atoms with Gasteiger partial charge in [0.1, 0.15) is 10.7 Å². The first kappa shape index (κ1) is 16.8. The highest BCUT2D eigenvalue weighted by Gasteiger charge is 2.16. The molecule has 1 heterocycles. The number of primary sulfonamides is 1. The van der Waals surface area contributed by atoms with Gasteiger partial charge in [0.05, 0.1) is 5.69 Å². The summed E-state index contributed by atoms with van der Waals surface area (Å²) in [5, 5.41) is 5.00. The molecule has 2 aromatic carbocycles. The molecule has 0 unspecified atom stereocenters. The third-order valence-electron chi connectivity index (χ3n) is 3.47. The summed E-state index contributed by atoms with van der Waals surface area (Å²) in [6, 6.07) is 14.9. The van der Waals surface area contributed by atoms with E-state index in [9.17, 15) is 12.8 Å². The van der Waals surface area contributed by atoms with E-state index in [0.29, 0.717) is 16.8 Å². The first-order chi connectivity index (χ1) is 11.4. The van der Waals surface area contributed by atoms with Gasteiger partial charge in [-0.1, -0.05) is 40.2 Å². The fourth-order valence-electron chi connectivity index (χ4n) is 2.38. The molecule has 0 spiro atoms. The number of hydrogen-bond acceptors (Lipinski definition) is 3. The molecule has 0 atom stereocenters. The van der Waals surface area contributed by atoms with Crippen molar-refractivity contribution in [1.29, 1.82) is 0 Å². The molecule has 0 amide bonds. The van der Waals surface area contributed by atoms with E-state index in [1.807, 2.05) is 24.3 Å². The van der Waals surface area contributed by atoms with Crippen molar-refractivity contribution in [2.24, 2.45) is 5.14 Å². The van der Waals surface area contributed by atoms with Gasteiger partial charge in [-0.05, 0) is 35.9 Å². The van der Waals surface area contributed by atoms with Crippen LogP contribution in [0.5, 0.6) is 0 Å². The smallest absolute Gasteiger partial charge is 0.240 e. The fourth-order valence-corrected chi connectivity index (χ4v) is 3.23. The molecule has 3 rings (SSSR count). The molecule has 0 bridgehead atoms. The third kappa shape index (κ3) is 3.38. The van der Waals surface area contributed by atoms with Crippen LogP contribution in [-0.4, -0.2) is 13.4 Å². The molecule has 1 aromatic heterocycles. The SMILES string of the molecule is NS(=O)(=O)c1ccc(-c2cccnc2-c2ccc(Br)cc2)cc1F. The minimum atomic E-state index is -4.10. The lowest BCUT2D eigenvalue weighted by Crippen LogP contribution is -2.13. The number of rotatable bonds is 3. The van der Waals surface area contributed by atoms with E-state index < -0.39 is 20.7 Å². The van der Waals surface area contributed by atoms with Gasteiger partial charge in [0.15, 0.2) is 0 Å². The second kappa shape index (κ2) is 6.43. The Labute approximate surface area is 147 Å². The Morgan fingerprint density at radius 1 is 1.00 bits per heavy atom. The Morgan fingerprint density at radius 2 is 1.67 bits per heavy atom. The first-order valence-electron chi connectivity index (χ1n) is 6.90. The van der Waals surface area contributed by atoms with Crippen molar-refractivity contribution in [1.82, 2.24) is 4.98 Å². The van der Waals surface area contributed by atoms with Crippen LogP contribution < -0.4 is 5.14 Å². The Bertz CT molecular complexity index is 1010. The zero-order chi connectivity index (χ0) is 17.3. The van der Waals surface area contributed by atoms with E-state index >= 15 is 0 Å². The topological polar surface area (TPSA) is 73.1 Å². The third-order valence-corrected chi connectivity index (χ3v) is 4.95. The van der Waals surface area contributed by atoms with E-state index in [-0.39, 0.29) is 0 Å². The molecule has 2 N–H and O–H groups in total. The summed E-state index contributed by atoms with van der Waals surface area (Å²) < 4.78 is 37.8. The van der Waals surface area contributed by atoms with Crippen LogP contribution in [0, 0.1) is 5.82 Å². The molecule has 0 radical (unpaired) electrons. The number of nitrogens with two attached hydrogens (primary N) is 1. The van der Waals surface area contributed by atoms with Crippen molar-refractivity contribution in [3.63, 3.8) is 0 Å². The van der Waals surface area contributed by atoms with Crippen molar-refractivity contribution in [3.05, 3.63) is 71.1 Å². The minimum Gasteiger partial charge on any atom is -0.256 e. The molecule has 0 aliphatic heterocycles. The Kier molecular flexibility index (Phi) is 4.49. The number of aromatic nitrogens is 1. The summed E-state index contributed by atoms with van der Waals surface area (Å²) in [6.45, 7) is 0. The molecule has 7 heteroatoms. The second-order valence-corrected chi connectivity index (χ2v) is 7.54. The predicted molar refractivity (Wildman–Crippen MR) is 94.1 cm³/mol. The van der Waals surface area contributed by atoms with E-state index in [0.717, 1.165) is 16.1 Å². The van der Waals surface area contributed by atoms with Gasteiger partial charge in [0.25, 0.3) is 0 Å². The van der Waals surface area contributed by atoms with E-state index in [1.54, 1.807) is 18.3 Å². The van der Waals surface area contributed by atoms with Gasteiger partial charge in [0.2, 0.25) is 10.0 Å². The summed E-state index contributed by atoms with van der Waals surface area (Å²) in [4.78, 5) is 3.85. The molecule has 0 saturated carbocycles. The lowest BCUT2D eigenvalue weighted by Gasteiger charge is -2.10. The predicted octanol–water partition coefficient (Wildman–Crippen LogP) is 3.96. The molecule has 122 valence electrons. The van der Waals surface area contributed by atoms with Crippen molar-refractivity contribution in [3.8, 4) is 22.4 Å². The molecule has 24 heavy (non-hydrogen) atoms. The van der Waals surface area contributed by atoms with Crippen LogP contribution in [0.2, 0.25) is 0 Å². The Morgan fingerprint density at radius 3 is 2.29 bits per heavy atom. The fraction of sp³-hybridized carbons (Fsp3) is 0. The van der Waals surface area contributed by atoms with Crippen LogP contribution in [0.1, 0.15) is 0 Å². The van der Waals surface area contributed by atoms with Gasteiger partial charge in [-0.2, -0.15) is 0 Å². The monoisotopic (exact) mass is 406 g/mol. The molecule has 0 fully saturated rings. The maximum Gasteiger partial charge on any atom is 0.240 e. The van der Waals surface area contributed by atoms with Crippen molar-refractivity contribution in [2.75, 3.05) is 0 Å². The standard InChI is InChI=1S/C17H12BrFN2O2S/c18-13-6-3-11(4-7-13)17-14(2-1-9-21-17)12-5-8-16(15(19)10-12)24(20,22)23/h1-10H,(H2,20,22,23). The molecular weight excluding hydrogens is 395 g/mol. The summed E-state index contributed by atoms with van der Waals surface area (Å²) in [5.74, 6) is -0.888. The van der Waals surface area contributed by atoms with Gasteiger partial charge >= 0.3 is 0 Å². The number of pyridine rings is 1. The molecule has 0 aliphatic rings. The van der Waals surface area contributed by atoms with Crippen LogP contribution in [0.15, 0.2) is 70.2 Å². The number of nitrogens with zero attached hydrogens (tertiary/aromatic N) is 1. The van der Waals surface area contributed by atoms with Gasteiger partial charge in [-0.3, -0.25) is 4.98 Å². The highest BCUT2D eigenvalue weighted by atomic mass is 79.9. The minimum absolute atomic E-state index is 0.519. The Balaban J connectivity index is 2.14. The summed E-state index contributed by atoms with van der Waals surface area (Å²) in [5.41, 5.74) is 2.75.